The van der Waals surface area contributed by atoms with E-state index in [1.807, 2.05) is 17.5 Å². The van der Waals surface area contributed by atoms with Gasteiger partial charge in [-0.15, -0.1) is 11.3 Å². The topological polar surface area (TPSA) is 90.5 Å². The summed E-state index contributed by atoms with van der Waals surface area (Å²) in [6, 6.07) is 11.8. The number of nitrogens with zero attached hydrogens (tertiary/aromatic N) is 4. The second-order valence-electron chi connectivity index (χ2n) is 6.82. The van der Waals surface area contributed by atoms with Crippen LogP contribution in [0.25, 0.3) is 5.69 Å². The highest BCUT2D eigenvalue weighted by Crippen LogP contribution is 2.20. The molecular weight excluding hydrogens is 392 g/mol. The maximum absolute atomic E-state index is 13.2. The van der Waals surface area contributed by atoms with E-state index in [0.29, 0.717) is 24.5 Å². The van der Waals surface area contributed by atoms with Gasteiger partial charge >= 0.3 is 0 Å². The lowest BCUT2D eigenvalue weighted by atomic mass is 10.2. The summed E-state index contributed by atoms with van der Waals surface area (Å²) in [6.07, 6.45) is 3.63. The third kappa shape index (κ3) is 4.52. The molecule has 0 bridgehead atoms. The highest BCUT2D eigenvalue weighted by Gasteiger charge is 2.25. The first-order valence-electron chi connectivity index (χ1n) is 9.34. The third-order valence-electron chi connectivity index (χ3n) is 4.78. The van der Waals surface area contributed by atoms with Gasteiger partial charge in [0, 0.05) is 36.4 Å². The van der Waals surface area contributed by atoms with Crippen LogP contribution in [-0.4, -0.2) is 44.8 Å². The van der Waals surface area contributed by atoms with Crippen LogP contribution in [0.15, 0.2) is 54.0 Å². The zero-order valence-electron chi connectivity index (χ0n) is 15.6. The summed E-state index contributed by atoms with van der Waals surface area (Å²) in [5, 5.41) is 17.4. The Hall–Kier alpha value is -3.04. The van der Waals surface area contributed by atoms with Gasteiger partial charge in [-0.05, 0) is 36.4 Å². The average molecular weight is 412 g/mol. The van der Waals surface area contributed by atoms with E-state index < -0.39 is 4.92 Å². The summed E-state index contributed by atoms with van der Waals surface area (Å²) in [4.78, 5) is 26.6. The van der Waals surface area contributed by atoms with Crippen molar-refractivity contribution < 1.29 is 14.5 Å². The van der Waals surface area contributed by atoms with Crippen LogP contribution in [0.2, 0.25) is 0 Å². The van der Waals surface area contributed by atoms with Crippen molar-refractivity contribution in [3.8, 4) is 5.69 Å². The SMILES string of the molecule is O=C(c1ccn(-c2cccc([N+](=O)[O-])c2)n1)N(Cc1cccs1)CC1CCCO1. The van der Waals surface area contributed by atoms with Gasteiger partial charge in [0.25, 0.3) is 11.6 Å². The average Bonchev–Trinajstić information content (AvgIpc) is 3.49. The Morgan fingerprint density at radius 2 is 2.24 bits per heavy atom. The van der Waals surface area contributed by atoms with Gasteiger partial charge in [-0.1, -0.05) is 12.1 Å². The Kier molecular flexibility index (Phi) is 5.68. The molecule has 1 atom stereocenters. The monoisotopic (exact) mass is 412 g/mol. The van der Waals surface area contributed by atoms with E-state index in [2.05, 4.69) is 5.10 Å². The number of nitro groups is 1. The zero-order valence-corrected chi connectivity index (χ0v) is 16.5. The Balaban J connectivity index is 1.55. The summed E-state index contributed by atoms with van der Waals surface area (Å²) < 4.78 is 7.20. The molecule has 1 amide bonds. The Morgan fingerprint density at radius 1 is 1.34 bits per heavy atom. The summed E-state index contributed by atoms with van der Waals surface area (Å²) in [6.45, 7) is 1.74. The van der Waals surface area contributed by atoms with Crippen LogP contribution in [0.4, 0.5) is 5.69 Å². The molecule has 0 radical (unpaired) electrons. The van der Waals surface area contributed by atoms with Crippen LogP contribution in [-0.2, 0) is 11.3 Å². The molecule has 1 saturated heterocycles. The number of hydrogen-bond acceptors (Lipinski definition) is 6. The van der Waals surface area contributed by atoms with E-state index in [1.165, 1.54) is 16.8 Å². The second kappa shape index (κ2) is 8.54. The van der Waals surface area contributed by atoms with Gasteiger partial charge in [-0.25, -0.2) is 4.68 Å². The predicted molar refractivity (Wildman–Crippen MR) is 108 cm³/mol. The lowest BCUT2D eigenvalue weighted by Gasteiger charge is -2.24. The Labute approximate surface area is 171 Å². The molecule has 0 N–H and O–H groups in total. The van der Waals surface area contributed by atoms with Gasteiger partial charge in [0.05, 0.1) is 23.3 Å². The lowest BCUT2D eigenvalue weighted by molar-refractivity contribution is -0.384. The molecule has 8 nitrogen and oxygen atoms in total. The van der Waals surface area contributed by atoms with Crippen molar-refractivity contribution in [3.05, 3.63) is 74.7 Å². The smallest absolute Gasteiger partial charge is 0.274 e. The van der Waals surface area contributed by atoms with Crippen molar-refractivity contribution in [2.24, 2.45) is 0 Å². The van der Waals surface area contributed by atoms with Crippen molar-refractivity contribution >= 4 is 22.9 Å². The van der Waals surface area contributed by atoms with Crippen LogP contribution < -0.4 is 0 Å². The summed E-state index contributed by atoms with van der Waals surface area (Å²) >= 11 is 1.60. The molecule has 0 spiro atoms. The molecule has 150 valence electrons. The molecule has 1 aliphatic rings. The largest absolute Gasteiger partial charge is 0.376 e. The van der Waals surface area contributed by atoms with E-state index in [-0.39, 0.29) is 17.7 Å². The van der Waals surface area contributed by atoms with Gasteiger partial charge in [0.1, 0.15) is 0 Å². The second-order valence-corrected chi connectivity index (χ2v) is 7.85. The number of carbonyl (C=O) groups is 1. The number of hydrogen-bond donors (Lipinski definition) is 0. The molecule has 1 fully saturated rings. The molecule has 2 aromatic heterocycles. The normalized spacial score (nSPS) is 16.1. The zero-order chi connectivity index (χ0) is 20.2. The minimum Gasteiger partial charge on any atom is -0.376 e. The fourth-order valence-electron chi connectivity index (χ4n) is 3.34. The van der Waals surface area contributed by atoms with Crippen LogP contribution in [0.5, 0.6) is 0 Å². The number of nitro benzene ring substituents is 1. The first-order valence-corrected chi connectivity index (χ1v) is 10.2. The number of carbonyl (C=O) groups excluding carboxylic acids is 1. The molecule has 1 aliphatic heterocycles. The number of thiophene rings is 1. The van der Waals surface area contributed by atoms with Gasteiger partial charge in [0.15, 0.2) is 5.69 Å². The van der Waals surface area contributed by atoms with E-state index in [9.17, 15) is 14.9 Å². The van der Waals surface area contributed by atoms with Crippen LogP contribution >= 0.6 is 11.3 Å². The minimum absolute atomic E-state index is 0.0245. The van der Waals surface area contributed by atoms with Crippen LogP contribution in [0.1, 0.15) is 28.2 Å². The van der Waals surface area contributed by atoms with Gasteiger partial charge in [0.2, 0.25) is 0 Å². The Bertz CT molecular complexity index is 996. The molecule has 0 aliphatic carbocycles. The van der Waals surface area contributed by atoms with Crippen molar-refractivity contribution in [1.29, 1.82) is 0 Å². The van der Waals surface area contributed by atoms with Gasteiger partial charge in [-0.2, -0.15) is 5.10 Å². The van der Waals surface area contributed by atoms with Crippen molar-refractivity contribution in [2.75, 3.05) is 13.2 Å². The maximum Gasteiger partial charge on any atom is 0.274 e. The summed E-state index contributed by atoms with van der Waals surface area (Å²) in [5.41, 5.74) is 0.803. The number of rotatable bonds is 7. The summed E-state index contributed by atoms with van der Waals surface area (Å²) in [5.74, 6) is -0.182. The van der Waals surface area contributed by atoms with Gasteiger partial charge in [-0.3, -0.25) is 14.9 Å². The molecule has 9 heteroatoms. The number of aromatic nitrogens is 2. The van der Waals surface area contributed by atoms with Crippen molar-refractivity contribution in [2.45, 2.75) is 25.5 Å². The number of amides is 1. The van der Waals surface area contributed by atoms with Gasteiger partial charge < -0.3 is 9.64 Å². The molecule has 3 heterocycles. The molecule has 0 saturated carbocycles. The fourth-order valence-corrected chi connectivity index (χ4v) is 4.06. The minimum atomic E-state index is -0.455. The summed E-state index contributed by atoms with van der Waals surface area (Å²) in [7, 11) is 0. The molecule has 1 aromatic carbocycles. The molecule has 29 heavy (non-hydrogen) atoms. The predicted octanol–water partition coefficient (Wildman–Crippen LogP) is 3.66. The van der Waals surface area contributed by atoms with Crippen LogP contribution in [0, 0.1) is 10.1 Å². The van der Waals surface area contributed by atoms with E-state index in [4.69, 9.17) is 4.74 Å². The quantitative estimate of drug-likeness (QED) is 0.436. The van der Waals surface area contributed by atoms with E-state index >= 15 is 0 Å². The molecule has 4 rings (SSSR count). The first kappa shape index (κ1) is 19.3. The highest BCUT2D eigenvalue weighted by molar-refractivity contribution is 7.09. The third-order valence-corrected chi connectivity index (χ3v) is 5.64. The van der Waals surface area contributed by atoms with E-state index in [1.54, 1.807) is 40.6 Å². The molecule has 1 unspecified atom stereocenters. The van der Waals surface area contributed by atoms with Crippen LogP contribution in [0.3, 0.4) is 0 Å². The standard InChI is InChI=1S/C20H20N4O4S/c25-20(22(13-17-6-2-10-28-17)14-18-7-3-11-29-18)19-8-9-23(21-19)15-4-1-5-16(12-15)24(26)27/h1,3-5,7-9,11-12,17H,2,6,10,13-14H2. The number of ether oxygens (including phenoxy) is 1. The first-order chi connectivity index (χ1) is 14.1. The highest BCUT2D eigenvalue weighted by atomic mass is 32.1. The fraction of sp³-hybridized carbons (Fsp3) is 0.300. The van der Waals surface area contributed by atoms with E-state index in [0.717, 1.165) is 24.3 Å². The number of benzene rings is 1. The lowest BCUT2D eigenvalue weighted by Crippen LogP contribution is -2.37. The maximum atomic E-state index is 13.2. The molecular formula is C20H20N4O4S. The number of non-ortho nitro benzene ring substituents is 1. The van der Waals surface area contributed by atoms with Crippen molar-refractivity contribution in [1.82, 2.24) is 14.7 Å². The Morgan fingerprint density at radius 3 is 2.97 bits per heavy atom. The van der Waals surface area contributed by atoms with Crippen molar-refractivity contribution in [3.63, 3.8) is 0 Å². The molecule has 3 aromatic rings.